The van der Waals surface area contributed by atoms with E-state index in [1.165, 1.54) is 28.9 Å². The van der Waals surface area contributed by atoms with Gasteiger partial charge in [-0.25, -0.2) is 0 Å². The first-order valence-electron chi connectivity index (χ1n) is 6.97. The number of aryl methyl sites for hydroxylation is 2. The molecule has 0 unspecified atom stereocenters. The zero-order valence-electron chi connectivity index (χ0n) is 11.7. The Morgan fingerprint density at radius 1 is 1.15 bits per heavy atom. The second-order valence-electron chi connectivity index (χ2n) is 5.35. The summed E-state index contributed by atoms with van der Waals surface area (Å²) < 4.78 is 0. The van der Waals surface area contributed by atoms with Gasteiger partial charge in [0, 0.05) is 23.5 Å². The maximum Gasteiger partial charge on any atom is 0.122 e. The summed E-state index contributed by atoms with van der Waals surface area (Å²) in [5.41, 5.74) is 11.5. The highest BCUT2D eigenvalue weighted by Crippen LogP contribution is 2.33. The van der Waals surface area contributed by atoms with Gasteiger partial charge >= 0.3 is 0 Å². The second kappa shape index (κ2) is 5.00. The summed E-state index contributed by atoms with van der Waals surface area (Å²) in [4.78, 5) is 2.35. The first-order valence-corrected chi connectivity index (χ1v) is 6.97. The molecule has 3 nitrogen and oxygen atoms in total. The van der Waals surface area contributed by atoms with E-state index in [4.69, 9.17) is 11.1 Å². The lowest BCUT2D eigenvalue weighted by atomic mass is 9.99. The monoisotopic (exact) mass is 265 g/mol. The minimum Gasteiger partial charge on any atom is -0.384 e. The number of nitrogens with two attached hydrogens (primary N) is 1. The molecular weight excluding hydrogens is 246 g/mol. The Kier molecular flexibility index (Phi) is 3.18. The number of rotatable bonds is 2. The minimum atomic E-state index is 0.117. The van der Waals surface area contributed by atoms with Gasteiger partial charge in [-0.3, -0.25) is 5.41 Å². The molecule has 1 aliphatic heterocycles. The summed E-state index contributed by atoms with van der Waals surface area (Å²) in [5, 5.41) is 7.46. The van der Waals surface area contributed by atoms with Crippen LogP contribution in [0.5, 0.6) is 0 Å². The third-order valence-electron chi connectivity index (χ3n) is 3.84. The Bertz CT molecular complexity index is 644. The molecule has 0 fully saturated rings. The fourth-order valence-electron chi connectivity index (χ4n) is 2.82. The number of benzene rings is 2. The van der Waals surface area contributed by atoms with Crippen molar-refractivity contribution >= 4 is 17.2 Å². The van der Waals surface area contributed by atoms with Crippen LogP contribution in [0.4, 0.5) is 11.4 Å². The first kappa shape index (κ1) is 12.7. The van der Waals surface area contributed by atoms with E-state index >= 15 is 0 Å². The van der Waals surface area contributed by atoms with Crippen molar-refractivity contribution < 1.29 is 0 Å². The summed E-state index contributed by atoms with van der Waals surface area (Å²) >= 11 is 0. The first-order chi connectivity index (χ1) is 9.65. The molecule has 0 aromatic heterocycles. The summed E-state index contributed by atoms with van der Waals surface area (Å²) in [6.45, 7) is 3.18. The van der Waals surface area contributed by atoms with Crippen LogP contribution in [0, 0.1) is 12.3 Å². The fourth-order valence-corrected chi connectivity index (χ4v) is 2.82. The van der Waals surface area contributed by atoms with E-state index < -0.39 is 0 Å². The van der Waals surface area contributed by atoms with E-state index in [2.05, 4.69) is 30.0 Å². The number of anilines is 2. The molecular formula is C17H19N3. The number of nitrogens with zero attached hydrogens (tertiary/aromatic N) is 1. The number of fused-ring (bicyclic) bond motifs is 1. The maximum atomic E-state index is 7.46. The number of hydrogen-bond acceptors (Lipinski definition) is 2. The topological polar surface area (TPSA) is 53.1 Å². The smallest absolute Gasteiger partial charge is 0.122 e. The van der Waals surface area contributed by atoms with Crippen molar-refractivity contribution in [3.05, 3.63) is 59.2 Å². The normalized spacial score (nSPS) is 13.9. The molecule has 2 aromatic carbocycles. The predicted molar refractivity (Wildman–Crippen MR) is 84.0 cm³/mol. The van der Waals surface area contributed by atoms with Crippen LogP contribution in [-0.2, 0) is 6.42 Å². The molecule has 0 saturated carbocycles. The van der Waals surface area contributed by atoms with E-state index in [1.807, 2.05) is 24.3 Å². The van der Waals surface area contributed by atoms with Crippen LogP contribution in [0.2, 0.25) is 0 Å². The van der Waals surface area contributed by atoms with Crippen molar-refractivity contribution in [3.8, 4) is 0 Å². The molecule has 0 saturated heterocycles. The van der Waals surface area contributed by atoms with Gasteiger partial charge in [-0.2, -0.15) is 0 Å². The van der Waals surface area contributed by atoms with Gasteiger partial charge in [-0.05, 0) is 55.7 Å². The van der Waals surface area contributed by atoms with E-state index in [0.29, 0.717) is 0 Å². The molecule has 0 amide bonds. The Morgan fingerprint density at radius 3 is 2.60 bits per heavy atom. The molecule has 1 heterocycles. The van der Waals surface area contributed by atoms with Crippen LogP contribution in [0.25, 0.3) is 0 Å². The zero-order valence-corrected chi connectivity index (χ0v) is 11.7. The lowest BCUT2D eigenvalue weighted by Gasteiger charge is -2.31. The number of nitrogen functional groups attached to an aromatic ring is 1. The van der Waals surface area contributed by atoms with Crippen LogP contribution in [0.1, 0.15) is 23.1 Å². The van der Waals surface area contributed by atoms with Crippen LogP contribution in [0.3, 0.4) is 0 Å². The van der Waals surface area contributed by atoms with Crippen LogP contribution in [-0.4, -0.2) is 12.4 Å². The van der Waals surface area contributed by atoms with Crippen molar-refractivity contribution in [2.24, 2.45) is 5.73 Å². The quantitative estimate of drug-likeness (QED) is 0.646. The third kappa shape index (κ3) is 2.27. The SMILES string of the molecule is Cc1ccc2c(c1)CCCN2c1ccc(C(=N)N)cc1. The number of nitrogens with one attached hydrogen (secondary N) is 1. The van der Waals surface area contributed by atoms with Gasteiger partial charge in [-0.15, -0.1) is 0 Å². The van der Waals surface area contributed by atoms with E-state index in [1.54, 1.807) is 0 Å². The lowest BCUT2D eigenvalue weighted by Crippen LogP contribution is -2.24. The molecule has 0 radical (unpaired) electrons. The van der Waals surface area contributed by atoms with Crippen molar-refractivity contribution in [1.82, 2.24) is 0 Å². The average Bonchev–Trinajstić information content (AvgIpc) is 2.46. The standard InChI is InChI=1S/C17H19N3/c1-12-4-9-16-14(11-12)3-2-10-20(16)15-7-5-13(6-8-15)17(18)19/h4-9,11H,2-3,10H2,1H3,(H3,18,19). The van der Waals surface area contributed by atoms with Gasteiger partial charge in [0.05, 0.1) is 0 Å². The average molecular weight is 265 g/mol. The van der Waals surface area contributed by atoms with Crippen molar-refractivity contribution in [3.63, 3.8) is 0 Å². The summed E-state index contributed by atoms with van der Waals surface area (Å²) in [6.07, 6.45) is 2.32. The van der Waals surface area contributed by atoms with Crippen molar-refractivity contribution in [2.45, 2.75) is 19.8 Å². The highest BCUT2D eigenvalue weighted by molar-refractivity contribution is 5.95. The minimum absolute atomic E-state index is 0.117. The van der Waals surface area contributed by atoms with Crippen molar-refractivity contribution in [2.75, 3.05) is 11.4 Å². The van der Waals surface area contributed by atoms with Crippen molar-refractivity contribution in [1.29, 1.82) is 5.41 Å². The molecule has 0 bridgehead atoms. The highest BCUT2D eigenvalue weighted by Gasteiger charge is 2.18. The van der Waals surface area contributed by atoms with E-state index in [9.17, 15) is 0 Å². The van der Waals surface area contributed by atoms with Gasteiger partial charge in [-0.1, -0.05) is 17.7 Å². The van der Waals surface area contributed by atoms with Crippen LogP contribution < -0.4 is 10.6 Å². The summed E-state index contributed by atoms with van der Waals surface area (Å²) in [7, 11) is 0. The molecule has 3 rings (SSSR count). The largest absolute Gasteiger partial charge is 0.384 e. The van der Waals surface area contributed by atoms with Gasteiger partial charge in [0.25, 0.3) is 0 Å². The molecule has 102 valence electrons. The maximum absolute atomic E-state index is 7.46. The van der Waals surface area contributed by atoms with Gasteiger partial charge in [0.1, 0.15) is 5.84 Å². The summed E-state index contributed by atoms with van der Waals surface area (Å²) in [6, 6.07) is 14.6. The van der Waals surface area contributed by atoms with E-state index in [-0.39, 0.29) is 5.84 Å². The molecule has 2 aromatic rings. The summed E-state index contributed by atoms with van der Waals surface area (Å²) in [5.74, 6) is 0.117. The Morgan fingerprint density at radius 2 is 1.90 bits per heavy atom. The predicted octanol–water partition coefficient (Wildman–Crippen LogP) is 3.36. The molecule has 0 spiro atoms. The Balaban J connectivity index is 1.98. The zero-order chi connectivity index (χ0) is 14.1. The van der Waals surface area contributed by atoms with Gasteiger partial charge < -0.3 is 10.6 Å². The lowest BCUT2D eigenvalue weighted by molar-refractivity contribution is 0.766. The third-order valence-corrected chi connectivity index (χ3v) is 3.84. The molecule has 0 atom stereocenters. The molecule has 3 N–H and O–H groups in total. The Labute approximate surface area is 119 Å². The van der Waals surface area contributed by atoms with Gasteiger partial charge in [0.2, 0.25) is 0 Å². The van der Waals surface area contributed by atoms with E-state index in [0.717, 1.165) is 18.5 Å². The molecule has 1 aliphatic rings. The molecule has 0 aliphatic carbocycles. The molecule has 20 heavy (non-hydrogen) atoms. The highest BCUT2D eigenvalue weighted by atomic mass is 15.1. The van der Waals surface area contributed by atoms with Crippen LogP contribution >= 0.6 is 0 Å². The fraction of sp³-hybridized carbons (Fsp3) is 0.235. The molecule has 3 heteroatoms. The number of hydrogen-bond donors (Lipinski definition) is 2. The Hall–Kier alpha value is -2.29. The van der Waals surface area contributed by atoms with Gasteiger partial charge in [0.15, 0.2) is 0 Å². The number of amidine groups is 1. The van der Waals surface area contributed by atoms with Crippen LogP contribution in [0.15, 0.2) is 42.5 Å². The second-order valence-corrected chi connectivity index (χ2v) is 5.35.